The number of anilines is 1. The number of ether oxygens (including phenoxy) is 2. The highest BCUT2D eigenvalue weighted by atomic mass is 19.1. The Labute approximate surface area is 237 Å². The minimum Gasteiger partial charge on any atom is -0.480 e. The van der Waals surface area contributed by atoms with Crippen molar-refractivity contribution in [2.75, 3.05) is 32.2 Å². The molecule has 3 aliphatic rings. The molecule has 2 N–H and O–H groups in total. The molecule has 0 unspecified atom stereocenters. The number of aryl methyl sites for hydroxylation is 1. The van der Waals surface area contributed by atoms with Crippen molar-refractivity contribution in [3.8, 4) is 0 Å². The van der Waals surface area contributed by atoms with Crippen molar-refractivity contribution in [2.24, 2.45) is 5.92 Å². The Bertz CT molecular complexity index is 1170. The zero-order chi connectivity index (χ0) is 28.3. The number of aromatic nitrogens is 1. The Hall–Kier alpha value is -2.55. The van der Waals surface area contributed by atoms with Gasteiger partial charge in [-0.25, -0.2) is 9.37 Å². The van der Waals surface area contributed by atoms with Gasteiger partial charge in [0.25, 0.3) is 0 Å². The fraction of sp³-hybridized carbons (Fsp3) is 0.625. The van der Waals surface area contributed by atoms with E-state index in [2.05, 4.69) is 16.4 Å². The Morgan fingerprint density at radius 3 is 2.88 bits per heavy atom. The highest BCUT2D eigenvalue weighted by Crippen LogP contribution is 2.42. The van der Waals surface area contributed by atoms with E-state index in [1.165, 1.54) is 17.7 Å². The van der Waals surface area contributed by atoms with Gasteiger partial charge in [0.05, 0.1) is 12.2 Å². The number of benzene rings is 1. The molecule has 0 amide bonds. The second kappa shape index (κ2) is 12.5. The molecular weight excluding hydrogens is 509 g/mol. The van der Waals surface area contributed by atoms with Crippen LogP contribution in [0, 0.1) is 11.7 Å². The molecule has 2 aliphatic heterocycles. The van der Waals surface area contributed by atoms with Crippen molar-refractivity contribution >= 4 is 11.8 Å². The summed E-state index contributed by atoms with van der Waals surface area (Å²) >= 11 is 0. The van der Waals surface area contributed by atoms with Crippen LogP contribution in [-0.4, -0.2) is 65.5 Å². The zero-order valence-corrected chi connectivity index (χ0v) is 24.1. The van der Waals surface area contributed by atoms with Gasteiger partial charge in [0.1, 0.15) is 17.7 Å². The van der Waals surface area contributed by atoms with Crippen molar-refractivity contribution in [3.05, 3.63) is 59.0 Å². The van der Waals surface area contributed by atoms with E-state index in [1.807, 2.05) is 38.1 Å². The molecule has 1 aromatic carbocycles. The van der Waals surface area contributed by atoms with E-state index in [-0.39, 0.29) is 17.6 Å². The number of carbonyl (C=O) groups is 1. The number of hydrogen-bond acceptors (Lipinski definition) is 6. The van der Waals surface area contributed by atoms with Crippen LogP contribution in [0.3, 0.4) is 0 Å². The van der Waals surface area contributed by atoms with Gasteiger partial charge >= 0.3 is 5.97 Å². The average Bonchev–Trinajstić information content (AvgIpc) is 3.26. The molecule has 1 aromatic heterocycles. The summed E-state index contributed by atoms with van der Waals surface area (Å²) in [5, 5.41) is 13.8. The summed E-state index contributed by atoms with van der Waals surface area (Å²) in [6.07, 6.45) is 9.93. The molecule has 5 rings (SSSR count). The fourth-order valence-corrected chi connectivity index (χ4v) is 6.72. The third-order valence-corrected chi connectivity index (χ3v) is 9.06. The van der Waals surface area contributed by atoms with Gasteiger partial charge in [0.2, 0.25) is 0 Å². The number of hydrogen-bond donors (Lipinski definition) is 2. The number of aliphatic carboxylic acids is 1. The number of pyridine rings is 1. The van der Waals surface area contributed by atoms with E-state index in [0.717, 1.165) is 69.4 Å². The monoisotopic (exact) mass is 553 g/mol. The molecule has 40 heavy (non-hydrogen) atoms. The van der Waals surface area contributed by atoms with E-state index in [0.29, 0.717) is 30.7 Å². The summed E-state index contributed by atoms with van der Waals surface area (Å²) in [5.41, 5.74) is 2.48. The van der Waals surface area contributed by atoms with Gasteiger partial charge in [0, 0.05) is 37.4 Å². The van der Waals surface area contributed by atoms with Crippen LogP contribution < -0.4 is 5.32 Å². The third-order valence-electron chi connectivity index (χ3n) is 9.06. The van der Waals surface area contributed by atoms with E-state index in [9.17, 15) is 14.3 Å². The maximum atomic E-state index is 14.4. The lowest BCUT2D eigenvalue weighted by molar-refractivity contribution is -0.145. The van der Waals surface area contributed by atoms with Crippen molar-refractivity contribution < 1.29 is 23.8 Å². The number of likely N-dealkylation sites (N-methyl/N-ethyl adjacent to an activating group) is 1. The molecule has 1 aliphatic carbocycles. The Morgan fingerprint density at radius 1 is 1.30 bits per heavy atom. The lowest BCUT2D eigenvalue weighted by Gasteiger charge is -2.44. The topological polar surface area (TPSA) is 83.9 Å². The summed E-state index contributed by atoms with van der Waals surface area (Å²) in [5.74, 6) is 0.177. The van der Waals surface area contributed by atoms with Crippen molar-refractivity contribution in [3.63, 3.8) is 0 Å². The molecule has 1 saturated carbocycles. The van der Waals surface area contributed by atoms with Crippen molar-refractivity contribution in [1.82, 2.24) is 9.88 Å². The van der Waals surface area contributed by atoms with Crippen LogP contribution in [0.25, 0.3) is 0 Å². The summed E-state index contributed by atoms with van der Waals surface area (Å²) < 4.78 is 26.3. The molecule has 0 radical (unpaired) electrons. The molecule has 0 bridgehead atoms. The number of unbranched alkanes of at least 4 members (excludes halogenated alkanes) is 1. The Balaban J connectivity index is 1.06. The Morgan fingerprint density at radius 2 is 2.12 bits per heavy atom. The van der Waals surface area contributed by atoms with E-state index in [1.54, 1.807) is 6.07 Å². The highest BCUT2D eigenvalue weighted by Gasteiger charge is 2.41. The summed E-state index contributed by atoms with van der Waals surface area (Å²) in [4.78, 5) is 18.9. The van der Waals surface area contributed by atoms with Gasteiger partial charge in [-0.05, 0) is 113 Å². The predicted molar refractivity (Wildman–Crippen MR) is 153 cm³/mol. The molecular formula is C32H44FN3O4. The number of nitrogens with one attached hydrogen (secondary N) is 1. The standard InChI is InChI=1S/C32H44FN3O4/c1-32(2)18-23(20-40-32)27-12-10-24(33)17-28(27)29(31(37)38)36(3)26-15-21(16-26)19-39-14-5-4-8-25-11-9-22-7-6-13-34-30(22)35-25/h6-7,10,12-13,17,21,23,25-26,29H,4-5,8-9,11,14-16,18-20H2,1-3H3,(H,34,35)(H,37,38)/t21?,23-,25-,26?,29-/m0/s1. The summed E-state index contributed by atoms with van der Waals surface area (Å²) in [6.45, 7) is 6.06. The van der Waals surface area contributed by atoms with Gasteiger partial charge in [0.15, 0.2) is 0 Å². The average molecular weight is 554 g/mol. The van der Waals surface area contributed by atoms with Gasteiger partial charge in [-0.2, -0.15) is 0 Å². The molecule has 2 fully saturated rings. The molecule has 8 heteroatoms. The van der Waals surface area contributed by atoms with E-state index >= 15 is 0 Å². The highest BCUT2D eigenvalue weighted by molar-refractivity contribution is 5.76. The zero-order valence-electron chi connectivity index (χ0n) is 24.1. The predicted octanol–water partition coefficient (Wildman–Crippen LogP) is 5.95. The molecule has 3 atom stereocenters. The number of rotatable bonds is 12. The van der Waals surface area contributed by atoms with Gasteiger partial charge < -0.3 is 19.9 Å². The SMILES string of the molecule is CN(C1CC(COCCCC[C@H]2CCc3cccnc3N2)C1)[C@H](C(=O)O)c1cc(F)ccc1[C@@H]1COC(C)(C)C1. The normalized spacial score (nSPS) is 26.1. The van der Waals surface area contributed by atoms with Gasteiger partial charge in [-0.3, -0.25) is 9.69 Å². The largest absolute Gasteiger partial charge is 0.480 e. The van der Waals surface area contributed by atoms with Crippen LogP contribution in [0.15, 0.2) is 36.5 Å². The second-order valence-corrected chi connectivity index (χ2v) is 12.6. The summed E-state index contributed by atoms with van der Waals surface area (Å²) in [7, 11) is 1.86. The van der Waals surface area contributed by atoms with Crippen molar-refractivity contribution in [1.29, 1.82) is 0 Å². The van der Waals surface area contributed by atoms with Crippen LogP contribution in [-0.2, 0) is 20.7 Å². The number of carboxylic acids is 1. The van der Waals surface area contributed by atoms with Gasteiger partial charge in [-0.15, -0.1) is 0 Å². The first kappa shape index (κ1) is 29.0. The smallest absolute Gasteiger partial charge is 0.325 e. The number of halogens is 1. The fourth-order valence-electron chi connectivity index (χ4n) is 6.72. The first-order chi connectivity index (χ1) is 19.2. The lowest BCUT2D eigenvalue weighted by Crippen LogP contribution is -2.47. The molecule has 3 heterocycles. The van der Waals surface area contributed by atoms with Crippen LogP contribution in [0.5, 0.6) is 0 Å². The maximum Gasteiger partial charge on any atom is 0.325 e. The summed E-state index contributed by atoms with van der Waals surface area (Å²) in [6, 6.07) is 8.47. The maximum absolute atomic E-state index is 14.4. The quantitative estimate of drug-likeness (QED) is 0.314. The third kappa shape index (κ3) is 6.84. The first-order valence-corrected chi connectivity index (χ1v) is 14.9. The number of fused-ring (bicyclic) bond motifs is 1. The molecule has 2 aromatic rings. The number of nitrogens with zero attached hydrogens (tertiary/aromatic N) is 2. The molecule has 7 nitrogen and oxygen atoms in total. The Kier molecular flexibility index (Phi) is 9.08. The van der Waals surface area contributed by atoms with Crippen LogP contribution in [0.2, 0.25) is 0 Å². The van der Waals surface area contributed by atoms with Crippen LogP contribution in [0.4, 0.5) is 10.2 Å². The van der Waals surface area contributed by atoms with Crippen molar-refractivity contribution in [2.45, 2.75) is 94.9 Å². The molecule has 0 spiro atoms. The van der Waals surface area contributed by atoms with Gasteiger partial charge in [-0.1, -0.05) is 12.1 Å². The molecule has 1 saturated heterocycles. The number of carboxylic acid groups (broad SMARTS) is 1. The van der Waals surface area contributed by atoms with Crippen LogP contribution >= 0.6 is 0 Å². The van der Waals surface area contributed by atoms with Crippen LogP contribution in [0.1, 0.15) is 87.4 Å². The van der Waals surface area contributed by atoms with E-state index < -0.39 is 17.8 Å². The lowest BCUT2D eigenvalue weighted by atomic mass is 9.78. The minimum absolute atomic E-state index is 0.0600. The van der Waals surface area contributed by atoms with E-state index in [4.69, 9.17) is 9.47 Å². The molecule has 218 valence electrons. The first-order valence-electron chi connectivity index (χ1n) is 14.9. The minimum atomic E-state index is -0.945. The second-order valence-electron chi connectivity index (χ2n) is 12.6.